The van der Waals surface area contributed by atoms with E-state index in [1.165, 1.54) is 5.69 Å². The second kappa shape index (κ2) is 6.01. The second-order valence-electron chi connectivity index (χ2n) is 5.17. The molecule has 1 aromatic heterocycles. The molecule has 1 aromatic rings. The van der Waals surface area contributed by atoms with Crippen LogP contribution in [-0.2, 0) is 13.5 Å². The molecule has 17 heavy (non-hydrogen) atoms. The van der Waals surface area contributed by atoms with E-state index in [0.717, 1.165) is 16.6 Å². The number of aryl methyl sites for hydroxylation is 2. The molecule has 0 saturated carbocycles. The molecule has 1 heterocycles. The Bertz CT molecular complexity index is 371. The summed E-state index contributed by atoms with van der Waals surface area (Å²) in [5.41, 5.74) is 2.34. The fourth-order valence-electron chi connectivity index (χ4n) is 2.13. The third-order valence-electron chi connectivity index (χ3n) is 3.73. The molecule has 0 aromatic carbocycles. The Morgan fingerprint density at radius 3 is 2.29 bits per heavy atom. The first-order valence-corrected chi connectivity index (χ1v) is 7.03. The third-order valence-corrected chi connectivity index (χ3v) is 4.76. The van der Waals surface area contributed by atoms with E-state index < -0.39 is 0 Å². The highest BCUT2D eigenvalue weighted by Gasteiger charge is 2.22. The lowest BCUT2D eigenvalue weighted by Gasteiger charge is -2.26. The molecule has 2 unspecified atom stereocenters. The maximum absolute atomic E-state index is 4.44. The molecule has 0 aliphatic heterocycles. The Labute approximate surface area is 113 Å². The molecule has 3 nitrogen and oxygen atoms in total. The molecule has 1 rings (SSSR count). The number of rotatable bonds is 5. The van der Waals surface area contributed by atoms with Crippen LogP contribution < -0.4 is 5.32 Å². The van der Waals surface area contributed by atoms with Crippen LogP contribution in [0.1, 0.15) is 32.2 Å². The zero-order valence-corrected chi connectivity index (χ0v) is 13.3. The van der Waals surface area contributed by atoms with E-state index in [9.17, 15) is 0 Å². The van der Waals surface area contributed by atoms with E-state index in [1.54, 1.807) is 0 Å². The van der Waals surface area contributed by atoms with Crippen LogP contribution in [0.25, 0.3) is 0 Å². The fourth-order valence-corrected chi connectivity index (χ4v) is 2.62. The topological polar surface area (TPSA) is 29.9 Å². The number of hydrogen-bond acceptors (Lipinski definition) is 2. The highest BCUT2D eigenvalue weighted by atomic mass is 79.9. The van der Waals surface area contributed by atoms with Gasteiger partial charge in [0.2, 0.25) is 0 Å². The standard InChI is InChI=1S/C13H24BrN3/c1-8(2)9(3)11(15-5)7-12-13(14)10(4)16-17(12)6/h8-9,11,15H,7H2,1-6H3. The van der Waals surface area contributed by atoms with Crippen molar-refractivity contribution in [1.82, 2.24) is 15.1 Å². The monoisotopic (exact) mass is 301 g/mol. The highest BCUT2D eigenvalue weighted by Crippen LogP contribution is 2.24. The van der Waals surface area contributed by atoms with Gasteiger partial charge in [0.15, 0.2) is 0 Å². The van der Waals surface area contributed by atoms with Gasteiger partial charge in [0.1, 0.15) is 0 Å². The number of aromatic nitrogens is 2. The van der Waals surface area contributed by atoms with Gasteiger partial charge in [-0.1, -0.05) is 20.8 Å². The lowest BCUT2D eigenvalue weighted by atomic mass is 9.88. The predicted molar refractivity (Wildman–Crippen MR) is 76.2 cm³/mol. The smallest absolute Gasteiger partial charge is 0.0738 e. The summed E-state index contributed by atoms with van der Waals surface area (Å²) in [6.07, 6.45) is 1.01. The molecule has 98 valence electrons. The molecular weight excluding hydrogens is 278 g/mol. The van der Waals surface area contributed by atoms with Crippen molar-refractivity contribution in [2.75, 3.05) is 7.05 Å². The maximum atomic E-state index is 4.44. The van der Waals surface area contributed by atoms with Gasteiger partial charge in [-0.25, -0.2) is 0 Å². The number of hydrogen-bond donors (Lipinski definition) is 1. The third kappa shape index (κ3) is 3.32. The average Bonchev–Trinajstić information content (AvgIpc) is 2.50. The Hall–Kier alpha value is -0.350. The van der Waals surface area contributed by atoms with Gasteiger partial charge in [0.05, 0.1) is 15.9 Å². The van der Waals surface area contributed by atoms with Crippen LogP contribution in [0.4, 0.5) is 0 Å². The summed E-state index contributed by atoms with van der Waals surface area (Å²) < 4.78 is 3.13. The molecule has 0 amide bonds. The Balaban J connectivity index is 2.88. The fraction of sp³-hybridized carbons (Fsp3) is 0.769. The highest BCUT2D eigenvalue weighted by molar-refractivity contribution is 9.10. The summed E-state index contributed by atoms with van der Waals surface area (Å²) in [4.78, 5) is 0. The van der Waals surface area contributed by atoms with Crippen LogP contribution >= 0.6 is 15.9 Å². The minimum Gasteiger partial charge on any atom is -0.316 e. The van der Waals surface area contributed by atoms with Crippen molar-refractivity contribution in [3.63, 3.8) is 0 Å². The van der Waals surface area contributed by atoms with E-state index in [-0.39, 0.29) is 0 Å². The summed E-state index contributed by atoms with van der Waals surface area (Å²) in [6.45, 7) is 8.90. The number of likely N-dealkylation sites (N-methyl/N-ethyl adjacent to an activating group) is 1. The van der Waals surface area contributed by atoms with E-state index in [0.29, 0.717) is 17.9 Å². The van der Waals surface area contributed by atoms with Crippen LogP contribution in [0, 0.1) is 18.8 Å². The molecule has 0 aliphatic carbocycles. The van der Waals surface area contributed by atoms with Gasteiger partial charge in [-0.15, -0.1) is 0 Å². The lowest BCUT2D eigenvalue weighted by molar-refractivity contribution is 0.306. The molecule has 0 aliphatic rings. The van der Waals surface area contributed by atoms with Crippen molar-refractivity contribution >= 4 is 15.9 Å². The van der Waals surface area contributed by atoms with Gasteiger partial charge in [0.25, 0.3) is 0 Å². The van der Waals surface area contributed by atoms with Crippen molar-refractivity contribution in [3.05, 3.63) is 15.9 Å². The van der Waals surface area contributed by atoms with Crippen molar-refractivity contribution < 1.29 is 0 Å². The van der Waals surface area contributed by atoms with Crippen molar-refractivity contribution in [1.29, 1.82) is 0 Å². The van der Waals surface area contributed by atoms with Crippen molar-refractivity contribution in [2.24, 2.45) is 18.9 Å². The van der Waals surface area contributed by atoms with Crippen LogP contribution in [-0.4, -0.2) is 22.9 Å². The normalized spacial score (nSPS) is 15.3. The minimum atomic E-state index is 0.487. The van der Waals surface area contributed by atoms with Crippen LogP contribution in [0.2, 0.25) is 0 Å². The molecule has 0 saturated heterocycles. The van der Waals surface area contributed by atoms with Crippen molar-refractivity contribution in [3.8, 4) is 0 Å². The molecule has 4 heteroatoms. The first-order chi connectivity index (χ1) is 7.88. The second-order valence-corrected chi connectivity index (χ2v) is 5.97. The summed E-state index contributed by atoms with van der Waals surface area (Å²) in [5.74, 6) is 1.32. The van der Waals surface area contributed by atoms with Gasteiger partial charge in [-0.3, -0.25) is 4.68 Å². The zero-order chi connectivity index (χ0) is 13.2. The van der Waals surface area contributed by atoms with E-state index in [2.05, 4.69) is 47.1 Å². The van der Waals surface area contributed by atoms with Gasteiger partial charge < -0.3 is 5.32 Å². The Morgan fingerprint density at radius 1 is 1.35 bits per heavy atom. The first-order valence-electron chi connectivity index (χ1n) is 6.23. The maximum Gasteiger partial charge on any atom is 0.0738 e. The molecule has 0 spiro atoms. The molecular formula is C13H24BrN3. The van der Waals surface area contributed by atoms with Crippen molar-refractivity contribution in [2.45, 2.75) is 40.2 Å². The van der Waals surface area contributed by atoms with Gasteiger partial charge in [-0.2, -0.15) is 5.10 Å². The first kappa shape index (κ1) is 14.7. The molecule has 0 radical (unpaired) electrons. The number of nitrogens with zero attached hydrogens (tertiary/aromatic N) is 2. The Kier molecular flexibility index (Phi) is 5.20. The van der Waals surface area contributed by atoms with Crippen LogP contribution in [0.5, 0.6) is 0 Å². The van der Waals surface area contributed by atoms with Gasteiger partial charge >= 0.3 is 0 Å². The molecule has 1 N–H and O–H groups in total. The SMILES string of the molecule is CNC(Cc1c(Br)c(C)nn1C)C(C)C(C)C. The summed E-state index contributed by atoms with van der Waals surface area (Å²) in [7, 11) is 4.06. The quantitative estimate of drug-likeness (QED) is 0.906. The summed E-state index contributed by atoms with van der Waals surface area (Å²) in [6, 6.07) is 0.487. The lowest BCUT2D eigenvalue weighted by Crippen LogP contribution is -2.37. The van der Waals surface area contributed by atoms with E-state index in [4.69, 9.17) is 0 Å². The van der Waals surface area contributed by atoms with Crippen LogP contribution in [0.3, 0.4) is 0 Å². The Morgan fingerprint density at radius 2 is 1.94 bits per heavy atom. The number of halogens is 1. The van der Waals surface area contributed by atoms with E-state index >= 15 is 0 Å². The van der Waals surface area contributed by atoms with Crippen LogP contribution in [0.15, 0.2) is 4.47 Å². The van der Waals surface area contributed by atoms with Gasteiger partial charge in [-0.05, 0) is 41.7 Å². The summed E-state index contributed by atoms with van der Waals surface area (Å²) >= 11 is 3.63. The molecule has 0 bridgehead atoms. The minimum absolute atomic E-state index is 0.487. The predicted octanol–water partition coefficient (Wildman–Crippen LogP) is 2.91. The number of nitrogens with one attached hydrogen (secondary N) is 1. The molecule has 0 fully saturated rings. The molecule has 2 atom stereocenters. The largest absolute Gasteiger partial charge is 0.316 e. The summed E-state index contributed by atoms with van der Waals surface area (Å²) in [5, 5.41) is 7.88. The van der Waals surface area contributed by atoms with E-state index in [1.807, 2.05) is 25.7 Å². The van der Waals surface area contributed by atoms with Gasteiger partial charge in [0, 0.05) is 19.5 Å². The zero-order valence-electron chi connectivity index (χ0n) is 11.7. The average molecular weight is 302 g/mol.